The molecule has 0 unspecified atom stereocenters. The van der Waals surface area contributed by atoms with Gasteiger partial charge in [0.05, 0.1) is 18.0 Å². The van der Waals surface area contributed by atoms with Crippen molar-refractivity contribution in [1.29, 1.82) is 0 Å². The van der Waals surface area contributed by atoms with Gasteiger partial charge in [0.15, 0.2) is 0 Å². The lowest BCUT2D eigenvalue weighted by Crippen LogP contribution is -2.36. The number of carbonyl (C=O) groups is 1. The molecule has 2 aliphatic rings. The number of fused-ring (bicyclic) bond motifs is 1. The molecule has 5 heteroatoms. The van der Waals surface area contributed by atoms with Gasteiger partial charge in [0.2, 0.25) is 5.88 Å². The minimum absolute atomic E-state index is 0.108. The Bertz CT molecular complexity index is 803. The first kappa shape index (κ1) is 14.3. The van der Waals surface area contributed by atoms with E-state index in [1.165, 1.54) is 12.8 Å². The van der Waals surface area contributed by atoms with E-state index in [1.54, 1.807) is 22.9 Å². The summed E-state index contributed by atoms with van der Waals surface area (Å²) >= 11 is 0. The van der Waals surface area contributed by atoms with Crippen LogP contribution >= 0.6 is 0 Å². The number of piperidine rings is 1. The van der Waals surface area contributed by atoms with E-state index in [9.17, 15) is 4.79 Å². The summed E-state index contributed by atoms with van der Waals surface area (Å²) < 4.78 is 7.06. The molecule has 2 aromatic rings. The number of methoxy groups -OCH3 is 1. The second-order valence-electron chi connectivity index (χ2n) is 6.36. The Hall–Kier alpha value is -2.30. The third-order valence-electron chi connectivity index (χ3n) is 4.87. The highest BCUT2D eigenvalue weighted by molar-refractivity contribution is 5.98. The monoisotopic (exact) mass is 311 g/mol. The second kappa shape index (κ2) is 5.41. The standard InChI is InChI=1S/C18H21N3O2/c1-20-18(23-2)15-6-5-14(11-16(15)19-20)17(22)21-9-7-13(8-10-21)12-3-4-12/h5-6,11H,3-4,7-10H2,1-2H3. The number of amides is 1. The van der Waals surface area contributed by atoms with E-state index in [2.05, 4.69) is 5.10 Å². The van der Waals surface area contributed by atoms with Crippen LogP contribution in [-0.4, -0.2) is 40.8 Å². The zero-order chi connectivity index (χ0) is 16.0. The van der Waals surface area contributed by atoms with E-state index < -0.39 is 0 Å². The first-order valence-electron chi connectivity index (χ1n) is 8.17. The Balaban J connectivity index is 1.56. The number of likely N-dealkylation sites (tertiary alicyclic amines) is 1. The van der Waals surface area contributed by atoms with Gasteiger partial charge in [0.25, 0.3) is 5.91 Å². The highest BCUT2D eigenvalue weighted by atomic mass is 16.5. The Labute approximate surface area is 135 Å². The second-order valence-corrected chi connectivity index (χ2v) is 6.36. The van der Waals surface area contributed by atoms with E-state index >= 15 is 0 Å². The lowest BCUT2D eigenvalue weighted by Gasteiger charge is -2.28. The van der Waals surface area contributed by atoms with Crippen molar-refractivity contribution < 1.29 is 9.53 Å². The summed E-state index contributed by atoms with van der Waals surface area (Å²) in [5.74, 6) is 0.828. The number of nitrogens with zero attached hydrogens (tertiary/aromatic N) is 3. The third-order valence-corrected chi connectivity index (χ3v) is 4.87. The van der Waals surface area contributed by atoms with Gasteiger partial charge in [-0.15, -0.1) is 0 Å². The van der Waals surface area contributed by atoms with Crippen molar-refractivity contribution in [3.8, 4) is 5.88 Å². The number of benzene rings is 1. The van der Waals surface area contributed by atoms with Crippen LogP contribution in [0.1, 0.15) is 36.0 Å². The van der Waals surface area contributed by atoms with Crippen molar-refractivity contribution in [2.75, 3.05) is 20.2 Å². The third kappa shape index (κ3) is 2.50. The molecule has 1 aromatic heterocycles. The fraction of sp³-hybridized carbons (Fsp3) is 0.444. The maximum absolute atomic E-state index is 12.7. The molecule has 1 aliphatic carbocycles. The SMILES string of the molecule is COc1c2ccc(C(=O)N3CCC(=C4CC4)CC3)cc2nn1C. The maximum atomic E-state index is 12.7. The lowest BCUT2D eigenvalue weighted by atomic mass is 10.0. The quantitative estimate of drug-likeness (QED) is 0.801. The smallest absolute Gasteiger partial charge is 0.253 e. The molecule has 1 saturated heterocycles. The minimum atomic E-state index is 0.108. The van der Waals surface area contributed by atoms with Crippen LogP contribution in [0, 0.1) is 0 Å². The Kier molecular flexibility index (Phi) is 3.36. The van der Waals surface area contributed by atoms with Crippen LogP contribution in [0.3, 0.4) is 0 Å². The molecule has 0 bridgehead atoms. The number of rotatable bonds is 2. The topological polar surface area (TPSA) is 47.4 Å². The zero-order valence-electron chi connectivity index (χ0n) is 13.6. The van der Waals surface area contributed by atoms with Crippen molar-refractivity contribution in [2.24, 2.45) is 7.05 Å². The fourth-order valence-corrected chi connectivity index (χ4v) is 3.48. The molecule has 4 rings (SSSR count). The maximum Gasteiger partial charge on any atom is 0.253 e. The predicted molar refractivity (Wildman–Crippen MR) is 88.7 cm³/mol. The number of aryl methyl sites for hydroxylation is 1. The van der Waals surface area contributed by atoms with Crippen LogP contribution in [0.15, 0.2) is 29.3 Å². The molecule has 0 atom stereocenters. The number of hydrogen-bond donors (Lipinski definition) is 0. The van der Waals surface area contributed by atoms with Crippen molar-refractivity contribution in [2.45, 2.75) is 25.7 Å². The molecule has 1 amide bonds. The Morgan fingerprint density at radius 1 is 1.13 bits per heavy atom. The predicted octanol–water partition coefficient (Wildman–Crippen LogP) is 2.91. The normalized spacial score (nSPS) is 17.7. The molecule has 5 nitrogen and oxygen atoms in total. The Morgan fingerprint density at radius 3 is 2.48 bits per heavy atom. The largest absolute Gasteiger partial charge is 0.481 e. The lowest BCUT2D eigenvalue weighted by molar-refractivity contribution is 0.0743. The Morgan fingerprint density at radius 2 is 1.83 bits per heavy atom. The van der Waals surface area contributed by atoms with Crippen molar-refractivity contribution in [3.63, 3.8) is 0 Å². The van der Waals surface area contributed by atoms with Crippen molar-refractivity contribution in [3.05, 3.63) is 34.9 Å². The van der Waals surface area contributed by atoms with Gasteiger partial charge in [-0.3, -0.25) is 4.79 Å². The summed E-state index contributed by atoms with van der Waals surface area (Å²) in [4.78, 5) is 14.7. The van der Waals surface area contributed by atoms with Crippen LogP contribution in [-0.2, 0) is 7.05 Å². The number of aromatic nitrogens is 2. The molecular formula is C18H21N3O2. The van der Waals surface area contributed by atoms with Gasteiger partial charge in [-0.25, -0.2) is 4.68 Å². The number of hydrogen-bond acceptors (Lipinski definition) is 3. The van der Waals surface area contributed by atoms with Crippen molar-refractivity contribution in [1.82, 2.24) is 14.7 Å². The van der Waals surface area contributed by atoms with Gasteiger partial charge in [-0.1, -0.05) is 11.1 Å². The molecule has 0 radical (unpaired) electrons. The zero-order valence-corrected chi connectivity index (χ0v) is 13.6. The van der Waals surface area contributed by atoms with Crippen LogP contribution in [0.25, 0.3) is 10.9 Å². The van der Waals surface area contributed by atoms with E-state index in [1.807, 2.05) is 30.1 Å². The summed E-state index contributed by atoms with van der Waals surface area (Å²) in [7, 11) is 3.48. The molecule has 1 aliphatic heterocycles. The molecule has 0 N–H and O–H groups in total. The molecule has 1 saturated carbocycles. The molecular weight excluding hydrogens is 290 g/mol. The highest BCUT2D eigenvalue weighted by Gasteiger charge is 2.25. The number of ether oxygens (including phenoxy) is 1. The summed E-state index contributed by atoms with van der Waals surface area (Å²) in [5, 5.41) is 5.37. The van der Waals surface area contributed by atoms with Crippen LogP contribution < -0.4 is 4.74 Å². The molecule has 0 spiro atoms. The van der Waals surface area contributed by atoms with Crippen LogP contribution in [0.4, 0.5) is 0 Å². The molecule has 23 heavy (non-hydrogen) atoms. The summed E-state index contributed by atoms with van der Waals surface area (Å²) in [6.07, 6.45) is 4.64. The van der Waals surface area contributed by atoms with Crippen LogP contribution in [0.5, 0.6) is 5.88 Å². The van der Waals surface area contributed by atoms with E-state index in [0.29, 0.717) is 5.56 Å². The van der Waals surface area contributed by atoms with Gasteiger partial charge < -0.3 is 9.64 Å². The van der Waals surface area contributed by atoms with E-state index in [-0.39, 0.29) is 5.91 Å². The van der Waals surface area contributed by atoms with E-state index in [0.717, 1.165) is 42.7 Å². The van der Waals surface area contributed by atoms with Crippen LogP contribution in [0.2, 0.25) is 0 Å². The fourth-order valence-electron chi connectivity index (χ4n) is 3.48. The summed E-state index contributed by atoms with van der Waals surface area (Å²) in [5.41, 5.74) is 4.74. The number of carbonyl (C=O) groups excluding carboxylic acids is 1. The summed E-state index contributed by atoms with van der Waals surface area (Å²) in [6.45, 7) is 1.67. The highest BCUT2D eigenvalue weighted by Crippen LogP contribution is 2.36. The number of allylic oxidation sites excluding steroid dienone is 1. The average Bonchev–Trinajstić information content (AvgIpc) is 3.36. The molecule has 1 aromatic carbocycles. The van der Waals surface area contributed by atoms with Gasteiger partial charge in [0, 0.05) is 25.7 Å². The molecule has 120 valence electrons. The van der Waals surface area contributed by atoms with Gasteiger partial charge in [0.1, 0.15) is 0 Å². The van der Waals surface area contributed by atoms with Gasteiger partial charge in [-0.05, 0) is 43.9 Å². The van der Waals surface area contributed by atoms with Crippen molar-refractivity contribution >= 4 is 16.8 Å². The van der Waals surface area contributed by atoms with Gasteiger partial charge >= 0.3 is 0 Å². The van der Waals surface area contributed by atoms with E-state index in [4.69, 9.17) is 4.74 Å². The minimum Gasteiger partial charge on any atom is -0.481 e. The van der Waals surface area contributed by atoms with Gasteiger partial charge in [-0.2, -0.15) is 5.10 Å². The molecule has 2 fully saturated rings. The first-order chi connectivity index (χ1) is 11.2. The summed E-state index contributed by atoms with van der Waals surface area (Å²) in [6, 6.07) is 5.68. The first-order valence-corrected chi connectivity index (χ1v) is 8.17. The average molecular weight is 311 g/mol. The molecule has 2 heterocycles.